The summed E-state index contributed by atoms with van der Waals surface area (Å²) in [6, 6.07) is 14.8. The molecule has 2 heterocycles. The Kier molecular flexibility index (Phi) is 5.28. The van der Waals surface area contributed by atoms with Crippen LogP contribution in [0.15, 0.2) is 85.7 Å². The van der Waals surface area contributed by atoms with Crippen LogP contribution in [0.5, 0.6) is 5.75 Å². The highest BCUT2D eigenvalue weighted by Gasteiger charge is 2.28. The van der Waals surface area contributed by atoms with E-state index in [0.717, 1.165) is 12.1 Å². The minimum absolute atomic E-state index is 0.0402. The Labute approximate surface area is 172 Å². The maximum atomic E-state index is 13.3. The molecule has 0 amide bonds. The fourth-order valence-corrected chi connectivity index (χ4v) is 4.04. The van der Waals surface area contributed by atoms with Gasteiger partial charge in [0, 0.05) is 5.56 Å². The third kappa shape index (κ3) is 3.92. The lowest BCUT2D eigenvalue weighted by atomic mass is 10.2. The van der Waals surface area contributed by atoms with Crippen molar-refractivity contribution < 1.29 is 26.4 Å². The van der Waals surface area contributed by atoms with Crippen molar-refractivity contribution in [2.45, 2.75) is 16.5 Å². The second-order valence-electron chi connectivity index (χ2n) is 6.27. The Balaban J connectivity index is 1.75. The quantitative estimate of drug-likeness (QED) is 0.432. The topological polar surface area (TPSA) is 94.6 Å². The summed E-state index contributed by atoms with van der Waals surface area (Å²) in [5.74, 6) is 0.758. The molecule has 0 saturated heterocycles. The molecule has 0 aliphatic heterocycles. The van der Waals surface area contributed by atoms with Crippen molar-refractivity contribution in [1.82, 2.24) is 4.98 Å². The summed E-state index contributed by atoms with van der Waals surface area (Å²) in [4.78, 5) is 4.13. The molecule has 0 aliphatic carbocycles. The third-order valence-corrected chi connectivity index (χ3v) is 5.99. The van der Waals surface area contributed by atoms with Gasteiger partial charge in [0.25, 0.3) is 0 Å². The number of ether oxygens (including phenoxy) is 1. The highest BCUT2D eigenvalue weighted by atomic mass is 32.2. The molecule has 9 heteroatoms. The zero-order valence-electron chi connectivity index (χ0n) is 15.8. The molecule has 154 valence electrons. The van der Waals surface area contributed by atoms with Crippen molar-refractivity contribution in [1.29, 1.82) is 0 Å². The number of rotatable bonds is 7. The summed E-state index contributed by atoms with van der Waals surface area (Å²) >= 11 is 0. The SMILES string of the molecule is COc1ccc(-c2nc(S(=O)(=O)c3ccc(F)cc3)c(NCc3ccco3)o2)cc1. The van der Waals surface area contributed by atoms with E-state index in [1.807, 2.05) is 0 Å². The molecule has 30 heavy (non-hydrogen) atoms. The van der Waals surface area contributed by atoms with Crippen molar-refractivity contribution in [2.24, 2.45) is 0 Å². The molecule has 0 spiro atoms. The first-order valence-electron chi connectivity index (χ1n) is 8.89. The predicted octanol–water partition coefficient (Wildman–Crippen LogP) is 4.53. The molecule has 1 N–H and O–H groups in total. The number of oxazole rings is 1. The maximum absolute atomic E-state index is 13.3. The Hall–Kier alpha value is -3.59. The van der Waals surface area contributed by atoms with E-state index in [2.05, 4.69) is 10.3 Å². The van der Waals surface area contributed by atoms with Gasteiger partial charge in [-0.15, -0.1) is 0 Å². The molecule has 4 rings (SSSR count). The number of hydrogen-bond acceptors (Lipinski definition) is 7. The van der Waals surface area contributed by atoms with E-state index in [0.29, 0.717) is 17.1 Å². The average Bonchev–Trinajstić information content (AvgIpc) is 3.43. The van der Waals surface area contributed by atoms with Crippen LogP contribution >= 0.6 is 0 Å². The van der Waals surface area contributed by atoms with Gasteiger partial charge >= 0.3 is 0 Å². The molecular weight excluding hydrogens is 411 g/mol. The van der Waals surface area contributed by atoms with E-state index in [9.17, 15) is 12.8 Å². The van der Waals surface area contributed by atoms with Crippen LogP contribution in [-0.4, -0.2) is 20.5 Å². The number of nitrogens with one attached hydrogen (secondary N) is 1. The smallest absolute Gasteiger partial charge is 0.234 e. The Morgan fingerprint density at radius 2 is 1.80 bits per heavy atom. The molecule has 0 fully saturated rings. The second kappa shape index (κ2) is 8.03. The van der Waals surface area contributed by atoms with Gasteiger partial charge < -0.3 is 18.9 Å². The van der Waals surface area contributed by atoms with Gasteiger partial charge in [-0.25, -0.2) is 12.8 Å². The molecular formula is C21H17FN2O5S. The first kappa shape index (κ1) is 19.7. The van der Waals surface area contributed by atoms with Crippen LogP contribution in [0.1, 0.15) is 5.76 Å². The number of nitrogens with zero attached hydrogens (tertiary/aromatic N) is 1. The molecule has 0 radical (unpaired) electrons. The van der Waals surface area contributed by atoms with Crippen LogP contribution in [0.4, 0.5) is 10.3 Å². The predicted molar refractivity (Wildman–Crippen MR) is 106 cm³/mol. The zero-order valence-corrected chi connectivity index (χ0v) is 16.6. The molecule has 4 aromatic rings. The summed E-state index contributed by atoms with van der Waals surface area (Å²) in [6.45, 7) is 0.191. The van der Waals surface area contributed by atoms with Crippen LogP contribution in [0, 0.1) is 5.82 Å². The van der Waals surface area contributed by atoms with Gasteiger partial charge in [-0.1, -0.05) is 0 Å². The van der Waals surface area contributed by atoms with Gasteiger partial charge in [-0.3, -0.25) is 0 Å². The van der Waals surface area contributed by atoms with Crippen LogP contribution in [-0.2, 0) is 16.4 Å². The van der Waals surface area contributed by atoms with Gasteiger partial charge in [-0.05, 0) is 60.7 Å². The third-order valence-electron chi connectivity index (χ3n) is 4.31. The Morgan fingerprint density at radius 3 is 2.43 bits per heavy atom. The highest BCUT2D eigenvalue weighted by Crippen LogP contribution is 2.33. The van der Waals surface area contributed by atoms with E-state index in [4.69, 9.17) is 13.6 Å². The van der Waals surface area contributed by atoms with Gasteiger partial charge in [0.2, 0.25) is 26.6 Å². The Morgan fingerprint density at radius 1 is 1.07 bits per heavy atom. The van der Waals surface area contributed by atoms with Crippen LogP contribution < -0.4 is 10.1 Å². The standard InChI is InChI=1S/C21H17FN2O5S/c1-27-16-8-4-14(5-9-16)19-24-21(20(29-19)23-13-17-3-2-12-28-17)30(25,26)18-10-6-15(22)7-11-18/h2-12,23H,13H2,1H3. The van der Waals surface area contributed by atoms with E-state index < -0.39 is 15.7 Å². The molecule has 2 aromatic carbocycles. The minimum Gasteiger partial charge on any atom is -0.497 e. The van der Waals surface area contributed by atoms with Crippen molar-refractivity contribution in [2.75, 3.05) is 12.4 Å². The molecule has 7 nitrogen and oxygen atoms in total. The minimum atomic E-state index is -4.07. The number of benzene rings is 2. The van der Waals surface area contributed by atoms with E-state index in [1.165, 1.54) is 18.4 Å². The van der Waals surface area contributed by atoms with E-state index in [-0.39, 0.29) is 28.2 Å². The number of aromatic nitrogens is 1. The molecule has 0 saturated carbocycles. The first-order valence-corrected chi connectivity index (χ1v) is 10.4. The van der Waals surface area contributed by atoms with Gasteiger partial charge in [0.15, 0.2) is 0 Å². The molecule has 2 aromatic heterocycles. The molecule has 0 unspecified atom stereocenters. The van der Waals surface area contributed by atoms with Crippen molar-refractivity contribution in [3.63, 3.8) is 0 Å². The molecule has 0 atom stereocenters. The normalized spacial score (nSPS) is 11.4. The molecule has 0 bridgehead atoms. The first-order chi connectivity index (χ1) is 14.5. The Bertz CT molecular complexity index is 1230. The number of furan rings is 1. The fourth-order valence-electron chi connectivity index (χ4n) is 2.76. The summed E-state index contributed by atoms with van der Waals surface area (Å²) in [5, 5.41) is 2.62. The van der Waals surface area contributed by atoms with E-state index in [1.54, 1.807) is 43.5 Å². The lowest BCUT2D eigenvalue weighted by Gasteiger charge is -2.05. The average molecular weight is 428 g/mol. The van der Waals surface area contributed by atoms with Gasteiger partial charge in [0.05, 0.1) is 24.8 Å². The second-order valence-corrected chi connectivity index (χ2v) is 8.14. The van der Waals surface area contributed by atoms with Gasteiger partial charge in [-0.2, -0.15) is 4.98 Å². The summed E-state index contributed by atoms with van der Waals surface area (Å²) in [5.41, 5.74) is 0.567. The van der Waals surface area contributed by atoms with Crippen molar-refractivity contribution in [3.8, 4) is 17.2 Å². The molecule has 0 aliphatic rings. The van der Waals surface area contributed by atoms with Crippen LogP contribution in [0.2, 0.25) is 0 Å². The number of sulfone groups is 1. The number of hydrogen-bond donors (Lipinski definition) is 1. The zero-order chi connectivity index (χ0) is 21.1. The van der Waals surface area contributed by atoms with Crippen molar-refractivity contribution >= 4 is 15.7 Å². The highest BCUT2D eigenvalue weighted by molar-refractivity contribution is 7.91. The fraction of sp³-hybridized carbons (Fsp3) is 0.0952. The largest absolute Gasteiger partial charge is 0.497 e. The lowest BCUT2D eigenvalue weighted by Crippen LogP contribution is -2.07. The number of halogens is 1. The summed E-state index contributed by atoms with van der Waals surface area (Å²) in [7, 11) is -2.52. The van der Waals surface area contributed by atoms with E-state index >= 15 is 0 Å². The lowest BCUT2D eigenvalue weighted by molar-refractivity contribution is 0.415. The monoisotopic (exact) mass is 428 g/mol. The van der Waals surface area contributed by atoms with Crippen LogP contribution in [0.3, 0.4) is 0 Å². The summed E-state index contributed by atoms with van der Waals surface area (Å²) < 4.78 is 55.7. The number of anilines is 1. The summed E-state index contributed by atoms with van der Waals surface area (Å²) in [6.07, 6.45) is 1.51. The van der Waals surface area contributed by atoms with Crippen LogP contribution in [0.25, 0.3) is 11.5 Å². The van der Waals surface area contributed by atoms with Gasteiger partial charge in [0.1, 0.15) is 17.3 Å². The number of methoxy groups -OCH3 is 1. The maximum Gasteiger partial charge on any atom is 0.234 e. The van der Waals surface area contributed by atoms with Crippen molar-refractivity contribution in [3.05, 3.63) is 78.5 Å².